The molecular formula is C20H25F2N3O3. The molecule has 0 spiro atoms. The van der Waals surface area contributed by atoms with Crippen molar-refractivity contribution in [1.82, 2.24) is 10.6 Å². The minimum absolute atomic E-state index is 0.144. The molecule has 2 aromatic rings. The van der Waals surface area contributed by atoms with Crippen LogP contribution in [0.5, 0.6) is 17.2 Å². The Morgan fingerprint density at radius 3 is 2.43 bits per heavy atom. The van der Waals surface area contributed by atoms with Gasteiger partial charge in [0.2, 0.25) is 0 Å². The lowest BCUT2D eigenvalue weighted by molar-refractivity contribution is -0.0504. The lowest BCUT2D eigenvalue weighted by Crippen LogP contribution is -2.37. The largest absolute Gasteiger partial charge is 0.493 e. The molecule has 6 nitrogen and oxygen atoms in total. The van der Waals surface area contributed by atoms with Crippen molar-refractivity contribution in [2.45, 2.75) is 19.6 Å². The summed E-state index contributed by atoms with van der Waals surface area (Å²) in [5, 5.41) is 6.29. The number of halogens is 2. The van der Waals surface area contributed by atoms with E-state index < -0.39 is 6.61 Å². The van der Waals surface area contributed by atoms with E-state index in [0.29, 0.717) is 36.1 Å². The first-order valence-corrected chi connectivity index (χ1v) is 8.75. The van der Waals surface area contributed by atoms with Gasteiger partial charge in [-0.25, -0.2) is 0 Å². The zero-order valence-electron chi connectivity index (χ0n) is 16.2. The molecule has 0 heterocycles. The summed E-state index contributed by atoms with van der Waals surface area (Å²) >= 11 is 0. The highest BCUT2D eigenvalue weighted by atomic mass is 19.3. The molecule has 0 aliphatic heterocycles. The molecule has 0 saturated carbocycles. The number of hydrogen-bond donors (Lipinski definition) is 2. The van der Waals surface area contributed by atoms with Gasteiger partial charge in [-0.2, -0.15) is 8.78 Å². The Labute approximate surface area is 163 Å². The average molecular weight is 393 g/mol. The van der Waals surface area contributed by atoms with E-state index in [2.05, 4.69) is 20.4 Å². The van der Waals surface area contributed by atoms with E-state index in [1.54, 1.807) is 39.5 Å². The number of rotatable bonds is 9. The fourth-order valence-corrected chi connectivity index (χ4v) is 2.62. The number of hydrogen-bond acceptors (Lipinski definition) is 4. The summed E-state index contributed by atoms with van der Waals surface area (Å²) in [6.07, 6.45) is 0.742. The Hall–Kier alpha value is -3.03. The molecule has 0 atom stereocenters. The zero-order valence-corrected chi connectivity index (χ0v) is 16.2. The third-order valence-electron chi connectivity index (χ3n) is 4.01. The summed E-state index contributed by atoms with van der Waals surface area (Å²) in [7, 11) is 4.84. The summed E-state index contributed by atoms with van der Waals surface area (Å²) in [6, 6.07) is 12.4. The number of benzene rings is 2. The Morgan fingerprint density at radius 1 is 1.00 bits per heavy atom. The predicted octanol–water partition coefficient (Wildman–Crippen LogP) is 3.21. The summed E-state index contributed by atoms with van der Waals surface area (Å²) in [4.78, 5) is 4.15. The van der Waals surface area contributed by atoms with Gasteiger partial charge in [-0.1, -0.05) is 24.3 Å². The van der Waals surface area contributed by atoms with Gasteiger partial charge in [0.25, 0.3) is 0 Å². The Balaban J connectivity index is 1.87. The van der Waals surface area contributed by atoms with Crippen molar-refractivity contribution in [3.8, 4) is 17.2 Å². The first kappa shape index (κ1) is 21.3. The first-order chi connectivity index (χ1) is 13.6. The van der Waals surface area contributed by atoms with Crippen molar-refractivity contribution in [2.24, 2.45) is 4.99 Å². The molecule has 0 aliphatic carbocycles. The molecule has 0 fully saturated rings. The Kier molecular flexibility index (Phi) is 8.33. The number of nitrogens with one attached hydrogen (secondary N) is 2. The Bertz CT molecular complexity index is 785. The van der Waals surface area contributed by atoms with Crippen molar-refractivity contribution >= 4 is 5.96 Å². The average Bonchev–Trinajstić information content (AvgIpc) is 2.70. The smallest absolute Gasteiger partial charge is 0.387 e. The molecule has 2 rings (SSSR count). The zero-order chi connectivity index (χ0) is 20.4. The van der Waals surface area contributed by atoms with Crippen LogP contribution in [0.3, 0.4) is 0 Å². The molecule has 0 amide bonds. The summed E-state index contributed by atoms with van der Waals surface area (Å²) in [5.74, 6) is 2.07. The van der Waals surface area contributed by atoms with Gasteiger partial charge in [-0.3, -0.25) is 4.99 Å². The highest BCUT2D eigenvalue weighted by molar-refractivity contribution is 5.79. The van der Waals surface area contributed by atoms with Gasteiger partial charge in [0.15, 0.2) is 17.5 Å². The van der Waals surface area contributed by atoms with Gasteiger partial charge in [0.1, 0.15) is 5.75 Å². The van der Waals surface area contributed by atoms with Gasteiger partial charge in [0.05, 0.1) is 14.2 Å². The highest BCUT2D eigenvalue weighted by Gasteiger charge is 2.09. The van der Waals surface area contributed by atoms with Gasteiger partial charge in [-0.05, 0) is 30.2 Å². The predicted molar refractivity (Wildman–Crippen MR) is 105 cm³/mol. The maximum absolute atomic E-state index is 12.5. The summed E-state index contributed by atoms with van der Waals surface area (Å²) in [6.45, 7) is -1.93. The van der Waals surface area contributed by atoms with E-state index in [1.807, 2.05) is 18.2 Å². The number of alkyl halides is 2. The van der Waals surface area contributed by atoms with Gasteiger partial charge < -0.3 is 24.8 Å². The minimum atomic E-state index is -2.86. The lowest BCUT2D eigenvalue weighted by atomic mass is 10.1. The van der Waals surface area contributed by atoms with Crippen LogP contribution in [0.1, 0.15) is 11.1 Å². The number of aliphatic imine (C=N–C) groups is 1. The van der Waals surface area contributed by atoms with Crippen molar-refractivity contribution in [3.63, 3.8) is 0 Å². The number of nitrogens with zero attached hydrogens (tertiary/aromatic N) is 1. The maximum atomic E-state index is 12.5. The van der Waals surface area contributed by atoms with Crippen LogP contribution in [0.2, 0.25) is 0 Å². The maximum Gasteiger partial charge on any atom is 0.387 e. The molecule has 28 heavy (non-hydrogen) atoms. The number of para-hydroxylation sites is 1. The van der Waals surface area contributed by atoms with E-state index in [0.717, 1.165) is 12.0 Å². The number of methoxy groups -OCH3 is 2. The molecule has 2 N–H and O–H groups in total. The van der Waals surface area contributed by atoms with Crippen LogP contribution in [0.4, 0.5) is 8.78 Å². The van der Waals surface area contributed by atoms with Crippen LogP contribution in [-0.2, 0) is 13.0 Å². The summed E-state index contributed by atoms with van der Waals surface area (Å²) < 4.78 is 40.1. The van der Waals surface area contributed by atoms with Crippen LogP contribution >= 0.6 is 0 Å². The van der Waals surface area contributed by atoms with Gasteiger partial charge >= 0.3 is 6.61 Å². The second-order valence-corrected chi connectivity index (χ2v) is 5.78. The molecule has 0 aromatic heterocycles. The van der Waals surface area contributed by atoms with Crippen molar-refractivity contribution < 1.29 is 23.0 Å². The van der Waals surface area contributed by atoms with Crippen LogP contribution in [0.25, 0.3) is 0 Å². The lowest BCUT2D eigenvalue weighted by Gasteiger charge is -2.15. The van der Waals surface area contributed by atoms with Crippen LogP contribution in [0.15, 0.2) is 47.5 Å². The normalized spacial score (nSPS) is 11.3. The summed E-state index contributed by atoms with van der Waals surface area (Å²) in [5.41, 5.74) is 1.70. The van der Waals surface area contributed by atoms with Gasteiger partial charge in [0, 0.05) is 25.7 Å². The van der Waals surface area contributed by atoms with E-state index in [1.165, 1.54) is 6.07 Å². The highest BCUT2D eigenvalue weighted by Crippen LogP contribution is 2.27. The molecule has 0 unspecified atom stereocenters. The second kappa shape index (κ2) is 11.0. The van der Waals surface area contributed by atoms with E-state index in [9.17, 15) is 8.78 Å². The molecule has 0 saturated heterocycles. The molecule has 0 radical (unpaired) electrons. The number of ether oxygens (including phenoxy) is 3. The second-order valence-electron chi connectivity index (χ2n) is 5.78. The topological polar surface area (TPSA) is 64.1 Å². The molecule has 152 valence electrons. The Morgan fingerprint density at radius 2 is 1.75 bits per heavy atom. The van der Waals surface area contributed by atoms with Crippen LogP contribution < -0.4 is 24.8 Å². The quantitative estimate of drug-likeness (QED) is 0.506. The third kappa shape index (κ3) is 6.29. The molecule has 8 heteroatoms. The standard InChI is InChI=1S/C20H25F2N3O3/c1-23-20(25-13-15-6-4-5-7-16(15)28-19(21)22)24-11-10-14-8-9-17(26-2)18(12-14)27-3/h4-9,12,19H,10-11,13H2,1-3H3,(H2,23,24,25). The molecule has 2 aromatic carbocycles. The van der Waals surface area contributed by atoms with E-state index in [4.69, 9.17) is 9.47 Å². The molecule has 0 bridgehead atoms. The van der Waals surface area contributed by atoms with E-state index >= 15 is 0 Å². The fourth-order valence-electron chi connectivity index (χ4n) is 2.62. The van der Waals surface area contributed by atoms with E-state index in [-0.39, 0.29) is 5.75 Å². The monoisotopic (exact) mass is 393 g/mol. The van der Waals surface area contributed by atoms with Gasteiger partial charge in [-0.15, -0.1) is 0 Å². The van der Waals surface area contributed by atoms with Crippen LogP contribution in [-0.4, -0.2) is 40.4 Å². The SMILES string of the molecule is CN=C(NCCc1ccc(OC)c(OC)c1)NCc1ccccc1OC(F)F. The van der Waals surface area contributed by atoms with Crippen molar-refractivity contribution in [2.75, 3.05) is 27.8 Å². The van der Waals surface area contributed by atoms with Crippen molar-refractivity contribution in [1.29, 1.82) is 0 Å². The minimum Gasteiger partial charge on any atom is -0.493 e. The molecular weight excluding hydrogens is 368 g/mol. The third-order valence-corrected chi connectivity index (χ3v) is 4.01. The molecule has 0 aliphatic rings. The fraction of sp³-hybridized carbons (Fsp3) is 0.350. The first-order valence-electron chi connectivity index (χ1n) is 8.75. The number of guanidine groups is 1. The van der Waals surface area contributed by atoms with Crippen LogP contribution in [0, 0.1) is 0 Å². The van der Waals surface area contributed by atoms with Crippen molar-refractivity contribution in [3.05, 3.63) is 53.6 Å².